The van der Waals surface area contributed by atoms with E-state index in [0.717, 1.165) is 48.8 Å². The van der Waals surface area contributed by atoms with E-state index in [1.807, 2.05) is 25.1 Å². The van der Waals surface area contributed by atoms with Gasteiger partial charge >= 0.3 is 0 Å². The zero-order valence-electron chi connectivity index (χ0n) is 19.8. The molecule has 0 fully saturated rings. The van der Waals surface area contributed by atoms with Crippen molar-refractivity contribution in [3.05, 3.63) is 130 Å². The first-order valence-electron chi connectivity index (χ1n) is 12.0. The van der Waals surface area contributed by atoms with Crippen LogP contribution in [0.3, 0.4) is 0 Å². The van der Waals surface area contributed by atoms with Gasteiger partial charge in [-0.3, -0.25) is 0 Å². The lowest BCUT2D eigenvalue weighted by Gasteiger charge is -2.10. The Morgan fingerprint density at radius 2 is 1.17 bits per heavy atom. The molecule has 0 saturated carbocycles. The molecular formula is C31H28F4. The van der Waals surface area contributed by atoms with Crippen molar-refractivity contribution in [3.8, 4) is 0 Å². The molecule has 4 aromatic carbocycles. The van der Waals surface area contributed by atoms with Crippen LogP contribution >= 0.6 is 0 Å². The van der Waals surface area contributed by atoms with Gasteiger partial charge in [0, 0.05) is 5.39 Å². The highest BCUT2D eigenvalue weighted by Crippen LogP contribution is 2.25. The predicted octanol–water partition coefficient (Wildman–Crippen LogP) is 8.48. The zero-order valence-corrected chi connectivity index (χ0v) is 19.8. The molecule has 0 unspecified atom stereocenters. The Morgan fingerprint density at radius 3 is 1.86 bits per heavy atom. The smallest absolute Gasteiger partial charge is 0.194 e. The van der Waals surface area contributed by atoms with Crippen LogP contribution in [0.25, 0.3) is 10.8 Å². The third kappa shape index (κ3) is 6.19. The Hall–Kier alpha value is -3.40. The Labute approximate surface area is 203 Å². The van der Waals surface area contributed by atoms with E-state index in [2.05, 4.69) is 36.4 Å². The average molecular weight is 477 g/mol. The van der Waals surface area contributed by atoms with Crippen LogP contribution in [0.2, 0.25) is 0 Å². The van der Waals surface area contributed by atoms with Crippen molar-refractivity contribution < 1.29 is 17.6 Å². The molecule has 4 aromatic rings. The highest BCUT2D eigenvalue weighted by atomic mass is 19.2. The maximum atomic E-state index is 15.1. The predicted molar refractivity (Wildman–Crippen MR) is 135 cm³/mol. The second-order valence-electron chi connectivity index (χ2n) is 8.89. The fourth-order valence-corrected chi connectivity index (χ4v) is 4.34. The second-order valence-corrected chi connectivity index (χ2v) is 8.89. The minimum Gasteiger partial charge on any atom is -0.206 e. The van der Waals surface area contributed by atoms with Crippen molar-refractivity contribution in [3.63, 3.8) is 0 Å². The van der Waals surface area contributed by atoms with E-state index < -0.39 is 17.5 Å². The fourth-order valence-electron chi connectivity index (χ4n) is 4.34. The normalized spacial score (nSPS) is 11.6. The van der Waals surface area contributed by atoms with Crippen LogP contribution in [0, 0.1) is 23.3 Å². The van der Waals surface area contributed by atoms with Crippen molar-refractivity contribution in [1.82, 2.24) is 0 Å². The van der Waals surface area contributed by atoms with Gasteiger partial charge in [0.1, 0.15) is 5.82 Å². The molecule has 0 aliphatic carbocycles. The van der Waals surface area contributed by atoms with Crippen molar-refractivity contribution in [2.24, 2.45) is 0 Å². The first kappa shape index (κ1) is 24.7. The van der Waals surface area contributed by atoms with Gasteiger partial charge in [0.15, 0.2) is 17.5 Å². The molecule has 0 nitrogen and oxygen atoms in total. The van der Waals surface area contributed by atoms with Crippen LogP contribution in [-0.4, -0.2) is 0 Å². The molecule has 4 heteroatoms. The molecular weight excluding hydrogens is 448 g/mol. The largest absolute Gasteiger partial charge is 0.206 e. The Morgan fingerprint density at radius 1 is 0.571 bits per heavy atom. The van der Waals surface area contributed by atoms with Gasteiger partial charge in [-0.25, -0.2) is 17.6 Å². The number of fused-ring (bicyclic) bond motifs is 1. The lowest BCUT2D eigenvalue weighted by molar-refractivity contribution is 0.445. The van der Waals surface area contributed by atoms with E-state index in [0.29, 0.717) is 16.5 Å². The van der Waals surface area contributed by atoms with Crippen LogP contribution in [-0.2, 0) is 32.1 Å². The molecule has 0 amide bonds. The SMILES string of the molecule is C/C=C/CCc1ccc(CCc2ccc3c(F)c(CCc4cc(F)c(F)c(F)c4)ccc3c2)cc1. The lowest BCUT2D eigenvalue weighted by atomic mass is 9.97. The molecule has 0 aliphatic heterocycles. The summed E-state index contributed by atoms with van der Waals surface area (Å²) in [7, 11) is 0. The number of rotatable bonds is 9. The van der Waals surface area contributed by atoms with Crippen LogP contribution < -0.4 is 0 Å². The summed E-state index contributed by atoms with van der Waals surface area (Å²) in [4.78, 5) is 0. The van der Waals surface area contributed by atoms with E-state index in [4.69, 9.17) is 0 Å². The van der Waals surface area contributed by atoms with Crippen molar-refractivity contribution in [1.29, 1.82) is 0 Å². The number of aryl methyl sites for hydroxylation is 5. The summed E-state index contributed by atoms with van der Waals surface area (Å²) in [6.07, 6.45) is 8.58. The molecule has 0 aliphatic rings. The summed E-state index contributed by atoms with van der Waals surface area (Å²) in [5.74, 6) is -4.28. The van der Waals surface area contributed by atoms with Crippen LogP contribution in [0.4, 0.5) is 17.6 Å². The van der Waals surface area contributed by atoms with E-state index >= 15 is 4.39 Å². The summed E-state index contributed by atoms with van der Waals surface area (Å²) >= 11 is 0. The van der Waals surface area contributed by atoms with Gasteiger partial charge in [-0.15, -0.1) is 0 Å². The monoisotopic (exact) mass is 476 g/mol. The maximum Gasteiger partial charge on any atom is 0.194 e. The minimum atomic E-state index is -1.49. The van der Waals surface area contributed by atoms with Gasteiger partial charge in [-0.2, -0.15) is 0 Å². The minimum absolute atomic E-state index is 0.211. The molecule has 0 N–H and O–H groups in total. The molecule has 35 heavy (non-hydrogen) atoms. The zero-order chi connectivity index (χ0) is 24.8. The maximum absolute atomic E-state index is 15.1. The van der Waals surface area contributed by atoms with E-state index in [1.165, 1.54) is 11.1 Å². The van der Waals surface area contributed by atoms with Crippen LogP contribution in [0.5, 0.6) is 0 Å². The number of allylic oxidation sites excluding steroid dienone is 2. The fraction of sp³-hybridized carbons (Fsp3) is 0.226. The van der Waals surface area contributed by atoms with Gasteiger partial charge in [0.25, 0.3) is 0 Å². The van der Waals surface area contributed by atoms with Crippen molar-refractivity contribution in [2.45, 2.75) is 45.4 Å². The summed E-state index contributed by atoms with van der Waals surface area (Å²) in [6, 6.07) is 20.0. The van der Waals surface area contributed by atoms with Gasteiger partial charge in [0.05, 0.1) is 0 Å². The van der Waals surface area contributed by atoms with Crippen molar-refractivity contribution in [2.75, 3.05) is 0 Å². The Bertz CT molecular complexity index is 1310. The summed E-state index contributed by atoms with van der Waals surface area (Å²) in [6.45, 7) is 2.03. The van der Waals surface area contributed by atoms with Gasteiger partial charge in [-0.05, 0) is 90.8 Å². The Balaban J connectivity index is 1.40. The quantitative estimate of drug-likeness (QED) is 0.129. The molecule has 0 atom stereocenters. The van der Waals surface area contributed by atoms with E-state index in [9.17, 15) is 13.2 Å². The molecule has 4 rings (SSSR count). The number of halogens is 4. The first-order valence-corrected chi connectivity index (χ1v) is 12.0. The highest BCUT2D eigenvalue weighted by Gasteiger charge is 2.12. The lowest BCUT2D eigenvalue weighted by Crippen LogP contribution is -1.99. The third-order valence-electron chi connectivity index (χ3n) is 6.39. The third-order valence-corrected chi connectivity index (χ3v) is 6.39. The average Bonchev–Trinajstić information content (AvgIpc) is 2.86. The van der Waals surface area contributed by atoms with Gasteiger partial charge in [0.2, 0.25) is 0 Å². The number of benzene rings is 4. The molecule has 0 heterocycles. The first-order chi connectivity index (χ1) is 16.9. The standard InChI is InChI=1S/C31H28F4/c1-2-3-4-5-21-6-8-22(9-7-21)10-11-23-13-17-27-26(18-23)16-15-25(30(27)34)14-12-24-19-28(32)31(35)29(33)20-24/h2-3,6-9,13,15-20H,4-5,10-12,14H2,1H3/b3-2+. The molecule has 0 radical (unpaired) electrons. The summed E-state index contributed by atoms with van der Waals surface area (Å²) < 4.78 is 55.2. The molecule has 0 saturated heterocycles. The van der Waals surface area contributed by atoms with Crippen LogP contribution in [0.15, 0.2) is 78.9 Å². The van der Waals surface area contributed by atoms with E-state index in [-0.39, 0.29) is 18.7 Å². The summed E-state index contributed by atoms with van der Waals surface area (Å²) in [5.41, 5.74) is 4.50. The molecule has 0 bridgehead atoms. The Kier molecular flexibility index (Phi) is 8.02. The topological polar surface area (TPSA) is 0 Å². The van der Waals surface area contributed by atoms with E-state index in [1.54, 1.807) is 12.1 Å². The summed E-state index contributed by atoms with van der Waals surface area (Å²) in [5, 5.41) is 1.34. The highest BCUT2D eigenvalue weighted by molar-refractivity contribution is 5.84. The van der Waals surface area contributed by atoms with Gasteiger partial charge < -0.3 is 0 Å². The number of hydrogen-bond acceptors (Lipinski definition) is 0. The van der Waals surface area contributed by atoms with Gasteiger partial charge in [-0.1, -0.05) is 66.7 Å². The second kappa shape index (κ2) is 11.4. The number of hydrogen-bond donors (Lipinski definition) is 0. The van der Waals surface area contributed by atoms with Crippen molar-refractivity contribution >= 4 is 10.8 Å². The molecule has 0 aromatic heterocycles. The molecule has 180 valence electrons. The van der Waals surface area contributed by atoms with Crippen LogP contribution in [0.1, 0.15) is 41.2 Å². The molecule has 0 spiro atoms.